The van der Waals surface area contributed by atoms with Crippen LogP contribution in [-0.4, -0.2) is 11.7 Å². The Hall–Kier alpha value is -0.560. The molecule has 0 fully saturated rings. The predicted molar refractivity (Wildman–Crippen MR) is 49.5 cm³/mol. The van der Waals surface area contributed by atoms with E-state index in [0.29, 0.717) is 0 Å². The third-order valence-corrected chi connectivity index (χ3v) is 1.50. The second-order valence-electron chi connectivity index (χ2n) is 3.04. The van der Waals surface area contributed by atoms with E-state index in [1.165, 1.54) is 11.1 Å². The summed E-state index contributed by atoms with van der Waals surface area (Å²) >= 11 is 0. The van der Waals surface area contributed by atoms with E-state index in [2.05, 4.69) is 32.9 Å². The lowest BCUT2D eigenvalue weighted by Crippen LogP contribution is -1.83. The molecule has 0 spiro atoms. The van der Waals surface area contributed by atoms with Gasteiger partial charge in [-0.1, -0.05) is 23.3 Å². The Morgan fingerprint density at radius 2 is 1.82 bits per heavy atom. The fourth-order valence-electron chi connectivity index (χ4n) is 0.774. The van der Waals surface area contributed by atoms with Crippen LogP contribution in [0.25, 0.3) is 0 Å². The van der Waals surface area contributed by atoms with Gasteiger partial charge in [0, 0.05) is 6.61 Å². The number of rotatable bonds is 4. The zero-order chi connectivity index (χ0) is 8.69. The summed E-state index contributed by atoms with van der Waals surface area (Å²) in [7, 11) is 0. The maximum atomic E-state index is 8.59. The maximum absolute atomic E-state index is 8.59. The van der Waals surface area contributed by atoms with Crippen LogP contribution in [0.5, 0.6) is 0 Å². The quantitative estimate of drug-likeness (QED) is 0.617. The molecule has 0 rings (SSSR count). The molecular formula is C10H18O. The highest BCUT2D eigenvalue weighted by Crippen LogP contribution is 2.02. The first-order chi connectivity index (χ1) is 5.16. The van der Waals surface area contributed by atoms with E-state index < -0.39 is 0 Å². The number of aliphatic hydroxyl groups is 1. The summed E-state index contributed by atoms with van der Waals surface area (Å²) in [6.07, 6.45) is 6.13. The number of hydrogen-bond acceptors (Lipinski definition) is 1. The molecular weight excluding hydrogens is 136 g/mol. The Morgan fingerprint density at radius 3 is 2.27 bits per heavy atom. The summed E-state index contributed by atoms with van der Waals surface area (Å²) in [5, 5.41) is 8.59. The molecule has 64 valence electrons. The van der Waals surface area contributed by atoms with E-state index in [1.54, 1.807) is 0 Å². The molecule has 0 aromatic heterocycles. The van der Waals surface area contributed by atoms with Gasteiger partial charge in [0.25, 0.3) is 0 Å². The van der Waals surface area contributed by atoms with Crippen LogP contribution < -0.4 is 0 Å². The van der Waals surface area contributed by atoms with Gasteiger partial charge in [-0.05, 0) is 33.6 Å². The molecule has 0 aliphatic heterocycles. The first kappa shape index (κ1) is 10.4. The van der Waals surface area contributed by atoms with E-state index in [1.807, 2.05) is 0 Å². The molecule has 1 nitrogen and oxygen atoms in total. The van der Waals surface area contributed by atoms with Crippen LogP contribution in [0, 0.1) is 0 Å². The molecule has 0 aliphatic rings. The Kier molecular flexibility index (Phi) is 5.86. The monoisotopic (exact) mass is 154 g/mol. The molecule has 0 heterocycles. The summed E-state index contributed by atoms with van der Waals surface area (Å²) in [4.78, 5) is 0. The normalized spacial score (nSPS) is 11.5. The summed E-state index contributed by atoms with van der Waals surface area (Å²) < 4.78 is 0. The fourth-order valence-corrected chi connectivity index (χ4v) is 0.774. The summed E-state index contributed by atoms with van der Waals surface area (Å²) in [6, 6.07) is 0. The summed E-state index contributed by atoms with van der Waals surface area (Å²) in [5.74, 6) is 0. The van der Waals surface area contributed by atoms with Gasteiger partial charge in [-0.2, -0.15) is 0 Å². The molecule has 1 heteroatoms. The lowest BCUT2D eigenvalue weighted by Gasteiger charge is -1.95. The minimum Gasteiger partial charge on any atom is -0.396 e. The van der Waals surface area contributed by atoms with Crippen LogP contribution in [0.15, 0.2) is 23.3 Å². The molecule has 0 aromatic carbocycles. The second-order valence-corrected chi connectivity index (χ2v) is 3.04. The van der Waals surface area contributed by atoms with Crippen LogP contribution in [-0.2, 0) is 0 Å². The van der Waals surface area contributed by atoms with E-state index in [0.717, 1.165) is 12.8 Å². The molecule has 11 heavy (non-hydrogen) atoms. The minimum atomic E-state index is 0.261. The van der Waals surface area contributed by atoms with Crippen molar-refractivity contribution in [2.45, 2.75) is 33.6 Å². The summed E-state index contributed by atoms with van der Waals surface area (Å²) in [5.41, 5.74) is 2.61. The second kappa shape index (κ2) is 6.17. The van der Waals surface area contributed by atoms with Gasteiger partial charge in [0.15, 0.2) is 0 Å². The van der Waals surface area contributed by atoms with E-state index >= 15 is 0 Å². The lowest BCUT2D eigenvalue weighted by atomic mass is 10.1. The van der Waals surface area contributed by atoms with Crippen LogP contribution in [0.4, 0.5) is 0 Å². The first-order valence-electron chi connectivity index (χ1n) is 4.06. The standard InChI is InChI=1S/C10H18O/c1-9(2)5-4-6-10(3)7-8-11/h5-6,11H,4,7-8H2,1-3H3/b10-6+. The Labute approximate surface area is 69.4 Å². The van der Waals surface area contributed by atoms with Crippen molar-refractivity contribution in [1.82, 2.24) is 0 Å². The number of aliphatic hydroxyl groups excluding tert-OH is 1. The molecule has 0 amide bonds. The van der Waals surface area contributed by atoms with Gasteiger partial charge in [0.2, 0.25) is 0 Å². The molecule has 0 aromatic rings. The average molecular weight is 154 g/mol. The third kappa shape index (κ3) is 7.34. The molecule has 0 unspecified atom stereocenters. The highest BCUT2D eigenvalue weighted by atomic mass is 16.2. The minimum absolute atomic E-state index is 0.261. The molecule has 0 saturated heterocycles. The van der Waals surface area contributed by atoms with Crippen molar-refractivity contribution in [2.75, 3.05) is 6.61 Å². The highest BCUT2D eigenvalue weighted by Gasteiger charge is 1.85. The van der Waals surface area contributed by atoms with Crippen molar-refractivity contribution < 1.29 is 5.11 Å². The van der Waals surface area contributed by atoms with Crippen molar-refractivity contribution in [1.29, 1.82) is 0 Å². The molecule has 1 N–H and O–H groups in total. The van der Waals surface area contributed by atoms with E-state index in [4.69, 9.17) is 5.11 Å². The maximum Gasteiger partial charge on any atom is 0.0468 e. The van der Waals surface area contributed by atoms with Gasteiger partial charge in [-0.25, -0.2) is 0 Å². The topological polar surface area (TPSA) is 20.2 Å². The Morgan fingerprint density at radius 1 is 1.18 bits per heavy atom. The van der Waals surface area contributed by atoms with Crippen LogP contribution in [0.3, 0.4) is 0 Å². The van der Waals surface area contributed by atoms with Gasteiger partial charge in [-0.3, -0.25) is 0 Å². The Balaban J connectivity index is 3.64. The van der Waals surface area contributed by atoms with Crippen molar-refractivity contribution >= 4 is 0 Å². The molecule has 0 saturated carbocycles. The zero-order valence-electron chi connectivity index (χ0n) is 7.72. The number of hydrogen-bond donors (Lipinski definition) is 1. The predicted octanol–water partition coefficient (Wildman–Crippen LogP) is 2.67. The highest BCUT2D eigenvalue weighted by molar-refractivity contribution is 5.04. The molecule has 0 aliphatic carbocycles. The molecule has 0 atom stereocenters. The van der Waals surface area contributed by atoms with Gasteiger partial charge in [0.05, 0.1) is 0 Å². The smallest absolute Gasteiger partial charge is 0.0468 e. The molecule has 0 bridgehead atoms. The average Bonchev–Trinajstić information content (AvgIpc) is 1.87. The summed E-state index contributed by atoms with van der Waals surface area (Å²) in [6.45, 7) is 6.50. The van der Waals surface area contributed by atoms with E-state index in [9.17, 15) is 0 Å². The number of allylic oxidation sites excluding steroid dienone is 3. The SMILES string of the molecule is CC(C)=CC/C=C(\C)CCO. The van der Waals surface area contributed by atoms with Gasteiger partial charge in [-0.15, -0.1) is 0 Å². The van der Waals surface area contributed by atoms with Crippen molar-refractivity contribution in [3.63, 3.8) is 0 Å². The van der Waals surface area contributed by atoms with Gasteiger partial charge in [0.1, 0.15) is 0 Å². The third-order valence-electron chi connectivity index (χ3n) is 1.50. The fraction of sp³-hybridized carbons (Fsp3) is 0.600. The van der Waals surface area contributed by atoms with E-state index in [-0.39, 0.29) is 6.61 Å². The van der Waals surface area contributed by atoms with Gasteiger partial charge >= 0.3 is 0 Å². The Bertz CT molecular complexity index is 150. The van der Waals surface area contributed by atoms with Crippen LogP contribution in [0.1, 0.15) is 33.6 Å². The van der Waals surface area contributed by atoms with Crippen molar-refractivity contribution in [2.24, 2.45) is 0 Å². The van der Waals surface area contributed by atoms with Gasteiger partial charge < -0.3 is 5.11 Å². The molecule has 0 radical (unpaired) electrons. The van der Waals surface area contributed by atoms with Crippen LogP contribution >= 0.6 is 0 Å². The zero-order valence-corrected chi connectivity index (χ0v) is 7.72. The van der Waals surface area contributed by atoms with Crippen molar-refractivity contribution in [3.8, 4) is 0 Å². The largest absolute Gasteiger partial charge is 0.396 e. The van der Waals surface area contributed by atoms with Crippen molar-refractivity contribution in [3.05, 3.63) is 23.3 Å². The van der Waals surface area contributed by atoms with Crippen LogP contribution in [0.2, 0.25) is 0 Å². The first-order valence-corrected chi connectivity index (χ1v) is 4.06. The lowest BCUT2D eigenvalue weighted by molar-refractivity contribution is 0.299.